The number of benzene rings is 3. The van der Waals surface area contributed by atoms with Gasteiger partial charge in [-0.25, -0.2) is 13.2 Å². The number of unbranched alkanes of at least 4 members (excludes halogenated alkanes) is 1. The van der Waals surface area contributed by atoms with Gasteiger partial charge in [-0.3, -0.25) is 0 Å². The van der Waals surface area contributed by atoms with E-state index >= 15 is 4.39 Å². The summed E-state index contributed by atoms with van der Waals surface area (Å²) >= 11 is 0. The maximum Gasteiger partial charge on any atom is 0.166 e. The average molecular weight is 495 g/mol. The first-order valence-electron chi connectivity index (χ1n) is 12.7. The van der Waals surface area contributed by atoms with Crippen LogP contribution in [0.25, 0.3) is 22.3 Å². The molecule has 0 radical (unpaired) electrons. The Morgan fingerprint density at radius 3 is 2.17 bits per heavy atom. The molecule has 0 saturated carbocycles. The lowest BCUT2D eigenvalue weighted by Gasteiger charge is -2.29. The molecule has 2 nitrogen and oxygen atoms in total. The first-order valence-corrected chi connectivity index (χ1v) is 12.7. The van der Waals surface area contributed by atoms with E-state index in [9.17, 15) is 8.78 Å². The average Bonchev–Trinajstić information content (AvgIpc) is 2.90. The van der Waals surface area contributed by atoms with Crippen LogP contribution in [-0.2, 0) is 15.9 Å². The summed E-state index contributed by atoms with van der Waals surface area (Å²) in [5.74, 6) is -2.01. The third-order valence-corrected chi connectivity index (χ3v) is 6.71. The predicted molar refractivity (Wildman–Crippen MR) is 138 cm³/mol. The summed E-state index contributed by atoms with van der Waals surface area (Å²) in [6.45, 7) is 5.05. The summed E-state index contributed by atoms with van der Waals surface area (Å²) in [6, 6.07) is 15.3. The standard InChI is InChI=1S/C31H33F3O2/c1-3-5-7-8-23-14-17-27(31(34)30(23)33)22-12-10-21(11-13-22)26-16-15-24(18-28(26)32)25-19-35-29(36-20-25)9-6-4-2/h3,5,10-18,25,29H,4,6-9,19-20H2,1-2H3/b5-3+. The van der Waals surface area contributed by atoms with Crippen molar-refractivity contribution in [3.05, 3.63) is 95.3 Å². The number of aryl methyl sites for hydroxylation is 1. The fourth-order valence-corrected chi connectivity index (χ4v) is 4.53. The Hall–Kier alpha value is -2.89. The van der Waals surface area contributed by atoms with Gasteiger partial charge in [-0.1, -0.05) is 74.0 Å². The van der Waals surface area contributed by atoms with Crippen LogP contribution in [0.15, 0.2) is 66.7 Å². The molecular weight excluding hydrogens is 461 g/mol. The van der Waals surface area contributed by atoms with Gasteiger partial charge in [0.1, 0.15) is 5.82 Å². The lowest BCUT2D eigenvalue weighted by atomic mass is 9.94. The molecule has 0 atom stereocenters. The fraction of sp³-hybridized carbons (Fsp3) is 0.355. The normalized spacial score (nSPS) is 18.1. The molecule has 0 N–H and O–H groups in total. The molecule has 0 bridgehead atoms. The van der Waals surface area contributed by atoms with Gasteiger partial charge in [0.05, 0.1) is 13.2 Å². The molecule has 1 aliphatic heterocycles. The SMILES string of the molecule is C/C=C/CCc1ccc(-c2ccc(-c3ccc(C4COC(CCCC)OC4)cc3F)cc2)c(F)c1F. The Bertz CT molecular complexity index is 1180. The second-order valence-corrected chi connectivity index (χ2v) is 9.26. The van der Waals surface area contributed by atoms with Crippen LogP contribution in [0.4, 0.5) is 13.2 Å². The second kappa shape index (κ2) is 12.4. The maximum atomic E-state index is 15.1. The monoisotopic (exact) mass is 494 g/mol. The van der Waals surface area contributed by atoms with Crippen LogP contribution in [0.1, 0.15) is 56.6 Å². The van der Waals surface area contributed by atoms with Crippen LogP contribution in [0.5, 0.6) is 0 Å². The van der Waals surface area contributed by atoms with Crippen LogP contribution < -0.4 is 0 Å². The Morgan fingerprint density at radius 2 is 1.53 bits per heavy atom. The van der Waals surface area contributed by atoms with E-state index in [1.54, 1.807) is 42.5 Å². The summed E-state index contributed by atoms with van der Waals surface area (Å²) < 4.78 is 56.0. The van der Waals surface area contributed by atoms with Crippen LogP contribution in [0.2, 0.25) is 0 Å². The minimum Gasteiger partial charge on any atom is -0.352 e. The largest absolute Gasteiger partial charge is 0.352 e. The predicted octanol–water partition coefficient (Wildman–Crippen LogP) is 8.59. The summed E-state index contributed by atoms with van der Waals surface area (Å²) in [4.78, 5) is 0. The van der Waals surface area contributed by atoms with E-state index in [0.29, 0.717) is 48.3 Å². The Labute approximate surface area is 211 Å². The molecule has 36 heavy (non-hydrogen) atoms. The Kier molecular flexibility index (Phi) is 9.00. The van der Waals surface area contributed by atoms with Crippen molar-refractivity contribution in [2.24, 2.45) is 0 Å². The first kappa shape index (κ1) is 26.2. The van der Waals surface area contributed by atoms with Gasteiger partial charge in [-0.05, 0) is 60.9 Å². The summed E-state index contributed by atoms with van der Waals surface area (Å²) in [6.07, 6.45) is 7.78. The van der Waals surface area contributed by atoms with E-state index in [-0.39, 0.29) is 23.6 Å². The quantitative estimate of drug-likeness (QED) is 0.277. The van der Waals surface area contributed by atoms with E-state index in [0.717, 1.165) is 24.8 Å². The van der Waals surface area contributed by atoms with E-state index in [2.05, 4.69) is 6.92 Å². The van der Waals surface area contributed by atoms with Crippen molar-refractivity contribution in [2.75, 3.05) is 13.2 Å². The molecule has 1 aliphatic rings. The van der Waals surface area contributed by atoms with E-state index in [1.165, 1.54) is 6.07 Å². The maximum absolute atomic E-state index is 15.1. The van der Waals surface area contributed by atoms with Crippen molar-refractivity contribution in [1.82, 2.24) is 0 Å². The number of hydrogen-bond donors (Lipinski definition) is 0. The van der Waals surface area contributed by atoms with Crippen molar-refractivity contribution >= 4 is 0 Å². The molecule has 1 heterocycles. The lowest BCUT2D eigenvalue weighted by molar-refractivity contribution is -0.190. The smallest absolute Gasteiger partial charge is 0.166 e. The minimum atomic E-state index is -0.856. The van der Waals surface area contributed by atoms with Gasteiger partial charge in [0, 0.05) is 17.0 Å². The van der Waals surface area contributed by atoms with Crippen molar-refractivity contribution in [3.63, 3.8) is 0 Å². The van der Waals surface area contributed by atoms with Crippen molar-refractivity contribution in [1.29, 1.82) is 0 Å². The molecule has 0 amide bonds. The van der Waals surface area contributed by atoms with Gasteiger partial charge in [0.15, 0.2) is 17.9 Å². The van der Waals surface area contributed by atoms with Crippen molar-refractivity contribution in [3.8, 4) is 22.3 Å². The molecule has 0 unspecified atom stereocenters. The number of ether oxygens (including phenoxy) is 2. The molecule has 1 fully saturated rings. The second-order valence-electron chi connectivity index (χ2n) is 9.26. The highest BCUT2D eigenvalue weighted by Crippen LogP contribution is 2.32. The van der Waals surface area contributed by atoms with Gasteiger partial charge < -0.3 is 9.47 Å². The topological polar surface area (TPSA) is 18.5 Å². The highest BCUT2D eigenvalue weighted by Gasteiger charge is 2.24. The lowest BCUT2D eigenvalue weighted by Crippen LogP contribution is -2.30. The molecule has 1 saturated heterocycles. The molecule has 3 aromatic carbocycles. The third kappa shape index (κ3) is 6.08. The van der Waals surface area contributed by atoms with Crippen LogP contribution in [-0.4, -0.2) is 19.5 Å². The molecular formula is C31H33F3O2. The van der Waals surface area contributed by atoms with Crippen molar-refractivity contribution < 1.29 is 22.6 Å². The fourth-order valence-electron chi connectivity index (χ4n) is 4.53. The number of rotatable bonds is 9. The number of halogens is 3. The zero-order valence-electron chi connectivity index (χ0n) is 20.9. The summed E-state index contributed by atoms with van der Waals surface area (Å²) in [7, 11) is 0. The summed E-state index contributed by atoms with van der Waals surface area (Å²) in [5.41, 5.74) is 3.06. The van der Waals surface area contributed by atoms with Crippen LogP contribution in [0, 0.1) is 17.5 Å². The van der Waals surface area contributed by atoms with E-state index in [4.69, 9.17) is 9.47 Å². The molecule has 190 valence electrons. The van der Waals surface area contributed by atoms with Gasteiger partial charge in [0.25, 0.3) is 0 Å². The molecule has 0 aromatic heterocycles. The molecule has 5 heteroatoms. The van der Waals surface area contributed by atoms with Gasteiger partial charge >= 0.3 is 0 Å². The number of allylic oxidation sites excluding steroid dienone is 2. The van der Waals surface area contributed by atoms with Crippen LogP contribution >= 0.6 is 0 Å². The third-order valence-electron chi connectivity index (χ3n) is 6.71. The van der Waals surface area contributed by atoms with E-state index < -0.39 is 11.6 Å². The Balaban J connectivity index is 1.46. The van der Waals surface area contributed by atoms with Crippen LogP contribution in [0.3, 0.4) is 0 Å². The molecule has 4 rings (SSSR count). The van der Waals surface area contributed by atoms with Gasteiger partial charge in [-0.15, -0.1) is 0 Å². The molecule has 3 aromatic rings. The minimum absolute atomic E-state index is 0.00681. The highest BCUT2D eigenvalue weighted by molar-refractivity contribution is 5.71. The zero-order chi connectivity index (χ0) is 25.5. The zero-order valence-corrected chi connectivity index (χ0v) is 20.9. The molecule has 0 aliphatic carbocycles. The van der Waals surface area contributed by atoms with E-state index in [1.807, 2.05) is 25.1 Å². The highest BCUT2D eigenvalue weighted by atomic mass is 19.2. The van der Waals surface area contributed by atoms with Gasteiger partial charge in [-0.2, -0.15) is 0 Å². The van der Waals surface area contributed by atoms with Gasteiger partial charge in [0.2, 0.25) is 0 Å². The van der Waals surface area contributed by atoms with Crippen molar-refractivity contribution in [2.45, 2.75) is 58.2 Å². The first-order chi connectivity index (χ1) is 17.5. The Morgan fingerprint density at radius 1 is 0.861 bits per heavy atom. The summed E-state index contributed by atoms with van der Waals surface area (Å²) in [5, 5.41) is 0. The molecule has 0 spiro atoms. The number of hydrogen-bond acceptors (Lipinski definition) is 2.